The monoisotopic (exact) mass is 255 g/mol. The summed E-state index contributed by atoms with van der Waals surface area (Å²) in [6.07, 6.45) is 6.77. The second-order valence-corrected chi connectivity index (χ2v) is 5.66. The first-order valence-electron chi connectivity index (χ1n) is 5.17. The van der Waals surface area contributed by atoms with Crippen molar-refractivity contribution in [2.45, 2.75) is 55.3 Å². The average Bonchev–Trinajstić information content (AvgIpc) is 2.68. The number of rotatable bonds is 7. The van der Waals surface area contributed by atoms with Gasteiger partial charge in [-0.15, -0.1) is 11.6 Å². The third-order valence-electron chi connectivity index (χ3n) is 2.36. The Morgan fingerprint density at radius 1 is 1.29 bits per heavy atom. The minimum atomic E-state index is -0.906. The van der Waals surface area contributed by atoms with Crippen LogP contribution >= 0.6 is 34.8 Å². The van der Waals surface area contributed by atoms with Gasteiger partial charge in [0.2, 0.25) is 4.46 Å². The fourth-order valence-corrected chi connectivity index (χ4v) is 2.07. The van der Waals surface area contributed by atoms with Gasteiger partial charge in [0, 0.05) is 11.8 Å². The molecule has 1 heterocycles. The Bertz CT molecular complexity index is 213. The number of hydrogen-bond acceptors (Lipinski definition) is 1. The van der Waals surface area contributed by atoms with E-state index in [2.05, 4.69) is 11.9 Å². The van der Waals surface area contributed by atoms with Crippen LogP contribution < -0.4 is 0 Å². The highest BCUT2D eigenvalue weighted by atomic mass is 35.5. The van der Waals surface area contributed by atoms with E-state index in [4.69, 9.17) is 34.8 Å². The lowest BCUT2D eigenvalue weighted by Crippen LogP contribution is -2.08. The Balaban J connectivity index is 2.00. The Morgan fingerprint density at radius 2 is 1.93 bits per heavy atom. The molecule has 0 fully saturated rings. The largest absolute Gasteiger partial charge is 0.246 e. The summed E-state index contributed by atoms with van der Waals surface area (Å²) < 4.78 is -0.906. The van der Waals surface area contributed by atoms with Gasteiger partial charge in [0.1, 0.15) is 0 Å². The van der Waals surface area contributed by atoms with Crippen LogP contribution in [-0.4, -0.2) is 15.5 Å². The molecule has 82 valence electrons. The summed E-state index contributed by atoms with van der Waals surface area (Å²) in [7, 11) is 0. The van der Waals surface area contributed by atoms with Crippen molar-refractivity contribution < 1.29 is 0 Å². The van der Waals surface area contributed by atoms with Crippen molar-refractivity contribution in [1.82, 2.24) is 0 Å². The third kappa shape index (κ3) is 4.37. The van der Waals surface area contributed by atoms with Crippen LogP contribution in [0.4, 0.5) is 0 Å². The predicted molar refractivity (Wildman–Crippen MR) is 64.9 cm³/mol. The van der Waals surface area contributed by atoms with Crippen molar-refractivity contribution in [2.24, 2.45) is 4.99 Å². The Kier molecular flexibility index (Phi) is 5.02. The van der Waals surface area contributed by atoms with Gasteiger partial charge in [-0.2, -0.15) is 0 Å². The first-order chi connectivity index (χ1) is 6.56. The van der Waals surface area contributed by atoms with Gasteiger partial charge in [-0.05, 0) is 6.42 Å². The number of hydrogen-bond donors (Lipinski definition) is 0. The maximum Gasteiger partial charge on any atom is 0.246 e. The van der Waals surface area contributed by atoms with Crippen LogP contribution in [0.2, 0.25) is 0 Å². The van der Waals surface area contributed by atoms with Crippen LogP contribution in [0.25, 0.3) is 0 Å². The van der Waals surface area contributed by atoms with Crippen molar-refractivity contribution >= 4 is 40.5 Å². The van der Waals surface area contributed by atoms with Crippen LogP contribution in [0, 0.1) is 0 Å². The topological polar surface area (TPSA) is 12.4 Å². The molecule has 1 aliphatic rings. The zero-order valence-corrected chi connectivity index (χ0v) is 10.7. The molecule has 0 aromatic heterocycles. The Morgan fingerprint density at radius 3 is 2.43 bits per heavy atom. The van der Waals surface area contributed by atoms with E-state index in [0.29, 0.717) is 0 Å². The fraction of sp³-hybridized carbons (Fsp3) is 0.900. The van der Waals surface area contributed by atoms with E-state index in [0.717, 1.165) is 18.6 Å². The first-order valence-corrected chi connectivity index (χ1v) is 6.36. The van der Waals surface area contributed by atoms with Gasteiger partial charge in [-0.25, -0.2) is 4.99 Å². The molecule has 1 rings (SSSR count). The Hall–Kier alpha value is 0.540. The molecule has 4 heteroatoms. The summed E-state index contributed by atoms with van der Waals surface area (Å²) in [5.74, 6) is 0. The average molecular weight is 257 g/mol. The molecular formula is C10H16Cl3N. The van der Waals surface area contributed by atoms with E-state index in [9.17, 15) is 0 Å². The summed E-state index contributed by atoms with van der Waals surface area (Å²) in [4.78, 5) is 3.93. The summed E-state index contributed by atoms with van der Waals surface area (Å²) in [5, 5.41) is 0.144. The fourth-order valence-electron chi connectivity index (χ4n) is 1.41. The quantitative estimate of drug-likeness (QED) is 0.360. The van der Waals surface area contributed by atoms with E-state index in [1.165, 1.54) is 25.7 Å². The summed E-state index contributed by atoms with van der Waals surface area (Å²) in [6, 6.07) is 0. The predicted octanol–water partition coefficient (Wildman–Crippen LogP) is 4.54. The highest BCUT2D eigenvalue weighted by Crippen LogP contribution is 2.40. The summed E-state index contributed by atoms with van der Waals surface area (Å²) >= 11 is 17.6. The Labute approximate surface area is 101 Å². The number of aliphatic imine (C=N–C) groups is 1. The number of alkyl halides is 3. The van der Waals surface area contributed by atoms with Crippen LogP contribution in [0.1, 0.15) is 45.4 Å². The first kappa shape index (κ1) is 12.6. The number of nitrogens with zero attached hydrogens (tertiary/aromatic N) is 1. The molecule has 0 radical (unpaired) electrons. The van der Waals surface area contributed by atoms with Crippen LogP contribution in [0.15, 0.2) is 4.99 Å². The zero-order chi connectivity index (χ0) is 10.6. The van der Waals surface area contributed by atoms with E-state index < -0.39 is 4.46 Å². The van der Waals surface area contributed by atoms with E-state index >= 15 is 0 Å². The number of unbranched alkanes of at least 4 members (excludes halogenated alkanes) is 3. The van der Waals surface area contributed by atoms with Crippen molar-refractivity contribution in [2.75, 3.05) is 0 Å². The van der Waals surface area contributed by atoms with Gasteiger partial charge in [0.05, 0.1) is 5.71 Å². The van der Waals surface area contributed by atoms with Gasteiger partial charge in [0.25, 0.3) is 0 Å². The second-order valence-electron chi connectivity index (χ2n) is 3.75. The molecule has 0 aliphatic carbocycles. The van der Waals surface area contributed by atoms with Crippen molar-refractivity contribution in [3.63, 3.8) is 0 Å². The molecule has 0 aromatic rings. The highest BCUT2D eigenvalue weighted by Gasteiger charge is 2.43. The van der Waals surface area contributed by atoms with Gasteiger partial charge in [0.15, 0.2) is 0 Å². The molecule has 14 heavy (non-hydrogen) atoms. The van der Waals surface area contributed by atoms with Gasteiger partial charge < -0.3 is 0 Å². The standard InChI is InChI=1S/C10H16Cl3N/c1-2-3-4-5-6-8(11)7-9-10(12,13)14-9/h8H,2-7H2,1H3. The third-order valence-corrected chi connectivity index (χ3v) is 3.34. The van der Waals surface area contributed by atoms with Crippen molar-refractivity contribution in [3.8, 4) is 0 Å². The maximum atomic E-state index is 6.12. The van der Waals surface area contributed by atoms with Gasteiger partial charge >= 0.3 is 0 Å². The van der Waals surface area contributed by atoms with Gasteiger partial charge in [-0.1, -0.05) is 55.8 Å². The smallest absolute Gasteiger partial charge is 0.245 e. The van der Waals surface area contributed by atoms with Gasteiger partial charge in [-0.3, -0.25) is 0 Å². The lowest BCUT2D eigenvalue weighted by Gasteiger charge is -2.06. The minimum Gasteiger partial charge on any atom is -0.245 e. The lowest BCUT2D eigenvalue weighted by molar-refractivity contribution is 0.620. The summed E-state index contributed by atoms with van der Waals surface area (Å²) in [5.41, 5.74) is 0.844. The minimum absolute atomic E-state index is 0.144. The molecule has 0 saturated carbocycles. The molecule has 0 saturated heterocycles. The van der Waals surface area contributed by atoms with Crippen LogP contribution in [0.3, 0.4) is 0 Å². The molecule has 1 unspecified atom stereocenters. The molecule has 1 aliphatic heterocycles. The molecule has 0 aromatic carbocycles. The SMILES string of the molecule is CCCCCCC(Cl)CC1=NC1(Cl)Cl. The van der Waals surface area contributed by atoms with Crippen LogP contribution in [-0.2, 0) is 0 Å². The lowest BCUT2D eigenvalue weighted by atomic mass is 10.1. The molecule has 0 bridgehead atoms. The van der Waals surface area contributed by atoms with Crippen LogP contribution in [0.5, 0.6) is 0 Å². The molecule has 1 nitrogen and oxygen atoms in total. The molecule has 0 amide bonds. The van der Waals surface area contributed by atoms with E-state index in [-0.39, 0.29) is 5.38 Å². The molecular weight excluding hydrogens is 240 g/mol. The normalized spacial score (nSPS) is 20.4. The number of halogens is 3. The maximum absolute atomic E-state index is 6.12. The van der Waals surface area contributed by atoms with E-state index in [1.54, 1.807) is 0 Å². The second kappa shape index (κ2) is 5.58. The van der Waals surface area contributed by atoms with Crippen molar-refractivity contribution in [1.29, 1.82) is 0 Å². The summed E-state index contributed by atoms with van der Waals surface area (Å²) in [6.45, 7) is 2.20. The zero-order valence-electron chi connectivity index (χ0n) is 8.40. The molecule has 0 spiro atoms. The molecule has 1 atom stereocenters. The van der Waals surface area contributed by atoms with Crippen molar-refractivity contribution in [3.05, 3.63) is 0 Å². The van der Waals surface area contributed by atoms with E-state index in [1.807, 2.05) is 0 Å². The molecule has 0 N–H and O–H groups in total. The highest BCUT2D eigenvalue weighted by molar-refractivity contribution is 6.64.